The lowest BCUT2D eigenvalue weighted by Crippen LogP contribution is -2.46. The number of carbonyl (C=O) groups excluding carboxylic acids is 2. The molecule has 0 saturated carbocycles. The zero-order valence-corrected chi connectivity index (χ0v) is 12.5. The number of rotatable bonds is 8. The fourth-order valence-electron chi connectivity index (χ4n) is 1.42. The van der Waals surface area contributed by atoms with E-state index < -0.39 is 23.3 Å². The van der Waals surface area contributed by atoms with Gasteiger partial charge in [0.05, 0.1) is 24.5 Å². The topological polar surface area (TPSA) is 120 Å². The number of amides is 3. The number of aliphatic carboxylic acids is 1. The highest BCUT2D eigenvalue weighted by Crippen LogP contribution is 2.19. The van der Waals surface area contributed by atoms with Crippen LogP contribution in [0.4, 0.5) is 4.79 Å². The van der Waals surface area contributed by atoms with Gasteiger partial charge in [0.15, 0.2) is 0 Å². The molecule has 118 valence electrons. The number of ether oxygens (including phenoxy) is 1. The van der Waals surface area contributed by atoms with Gasteiger partial charge in [-0.1, -0.05) is 0 Å². The van der Waals surface area contributed by atoms with Crippen molar-refractivity contribution in [1.82, 2.24) is 10.2 Å². The molecular weight excluding hydrogens is 278 g/mol. The molecule has 0 aromatic rings. The van der Waals surface area contributed by atoms with Gasteiger partial charge in [-0.2, -0.15) is 5.26 Å². The number of hydrogen-bond donors (Lipinski definition) is 2. The van der Waals surface area contributed by atoms with Gasteiger partial charge in [0.1, 0.15) is 0 Å². The fraction of sp³-hybridized carbons (Fsp3) is 0.692. The lowest BCUT2D eigenvalue weighted by Gasteiger charge is -2.23. The average Bonchev–Trinajstić information content (AvgIpc) is 2.37. The number of hydrogen-bond acceptors (Lipinski definition) is 5. The van der Waals surface area contributed by atoms with Crippen molar-refractivity contribution in [2.45, 2.75) is 26.7 Å². The molecule has 0 atom stereocenters. The van der Waals surface area contributed by atoms with Crippen LogP contribution in [0.1, 0.15) is 26.7 Å². The molecule has 0 spiro atoms. The number of methoxy groups -OCH3 is 1. The first kappa shape index (κ1) is 18.9. The van der Waals surface area contributed by atoms with Crippen LogP contribution in [0.2, 0.25) is 0 Å². The van der Waals surface area contributed by atoms with Crippen LogP contribution in [0.15, 0.2) is 0 Å². The molecule has 0 bridgehead atoms. The molecule has 0 rings (SSSR count). The van der Waals surface area contributed by atoms with E-state index in [9.17, 15) is 14.4 Å². The smallest absolute Gasteiger partial charge is 0.324 e. The van der Waals surface area contributed by atoms with E-state index in [0.717, 1.165) is 0 Å². The molecule has 0 aliphatic heterocycles. The first-order chi connectivity index (χ1) is 9.74. The zero-order valence-electron chi connectivity index (χ0n) is 12.5. The Bertz CT molecular complexity index is 428. The monoisotopic (exact) mass is 299 g/mol. The lowest BCUT2D eigenvalue weighted by molar-refractivity contribution is -0.149. The van der Waals surface area contributed by atoms with Gasteiger partial charge < -0.3 is 14.7 Å². The predicted molar refractivity (Wildman–Crippen MR) is 73.3 cm³/mol. The predicted octanol–water partition coefficient (Wildman–Crippen LogP) is 0.586. The van der Waals surface area contributed by atoms with Crippen LogP contribution < -0.4 is 5.32 Å². The molecule has 0 fully saturated rings. The maximum absolute atomic E-state index is 11.9. The minimum Gasteiger partial charge on any atom is -0.481 e. The second-order valence-electron chi connectivity index (χ2n) is 5.11. The maximum atomic E-state index is 11.9. The summed E-state index contributed by atoms with van der Waals surface area (Å²) in [4.78, 5) is 35.8. The van der Waals surface area contributed by atoms with Gasteiger partial charge in [0.25, 0.3) is 0 Å². The summed E-state index contributed by atoms with van der Waals surface area (Å²) in [7, 11) is 1.47. The highest BCUT2D eigenvalue weighted by Gasteiger charge is 2.31. The summed E-state index contributed by atoms with van der Waals surface area (Å²) in [6.07, 6.45) is -0.184. The fourth-order valence-corrected chi connectivity index (χ4v) is 1.42. The van der Waals surface area contributed by atoms with Crippen molar-refractivity contribution >= 4 is 17.9 Å². The number of nitrogens with zero attached hydrogens (tertiary/aromatic N) is 2. The van der Waals surface area contributed by atoms with E-state index in [1.807, 2.05) is 6.07 Å². The van der Waals surface area contributed by atoms with Gasteiger partial charge in [0.2, 0.25) is 5.91 Å². The number of urea groups is 1. The highest BCUT2D eigenvalue weighted by molar-refractivity contribution is 5.96. The van der Waals surface area contributed by atoms with Crippen molar-refractivity contribution in [3.63, 3.8) is 0 Å². The number of carbonyl (C=O) groups is 3. The number of nitrogens with one attached hydrogen (secondary N) is 1. The number of imide groups is 1. The maximum Gasteiger partial charge on any atom is 0.324 e. The number of carboxylic acid groups (broad SMARTS) is 1. The Kier molecular flexibility index (Phi) is 8.01. The standard InChI is InChI=1S/C13H21N3O5/c1-13(2,11(18)19)9-10(17)15-12(20)16(6-4-5-14)7-8-21-3/h4,6-9H2,1-3H3,(H,18,19)(H,15,17,20). The van der Waals surface area contributed by atoms with Gasteiger partial charge in [0, 0.05) is 26.6 Å². The third kappa shape index (κ3) is 7.27. The van der Waals surface area contributed by atoms with E-state index in [1.165, 1.54) is 25.9 Å². The third-order valence-electron chi connectivity index (χ3n) is 2.77. The van der Waals surface area contributed by atoms with Crippen molar-refractivity contribution in [3.8, 4) is 6.07 Å². The third-order valence-corrected chi connectivity index (χ3v) is 2.77. The van der Waals surface area contributed by atoms with Crippen LogP contribution in [-0.4, -0.2) is 54.7 Å². The Balaban J connectivity index is 4.56. The quantitative estimate of drug-likeness (QED) is 0.676. The summed E-state index contributed by atoms with van der Waals surface area (Å²) in [5.41, 5.74) is -1.26. The van der Waals surface area contributed by atoms with Gasteiger partial charge in [-0.3, -0.25) is 14.9 Å². The second-order valence-corrected chi connectivity index (χ2v) is 5.11. The highest BCUT2D eigenvalue weighted by atomic mass is 16.5. The van der Waals surface area contributed by atoms with Crippen LogP contribution in [0.25, 0.3) is 0 Å². The Morgan fingerprint density at radius 2 is 1.95 bits per heavy atom. The minimum absolute atomic E-state index is 0.131. The Morgan fingerprint density at radius 3 is 2.43 bits per heavy atom. The summed E-state index contributed by atoms with van der Waals surface area (Å²) in [6, 6.07) is 1.25. The molecule has 8 nitrogen and oxygen atoms in total. The van der Waals surface area contributed by atoms with Crippen molar-refractivity contribution in [2.75, 3.05) is 26.8 Å². The van der Waals surface area contributed by atoms with E-state index in [2.05, 4.69) is 5.32 Å². The lowest BCUT2D eigenvalue weighted by atomic mass is 9.89. The molecule has 0 aromatic carbocycles. The molecule has 8 heteroatoms. The molecule has 0 aromatic heterocycles. The van der Waals surface area contributed by atoms with Crippen LogP contribution >= 0.6 is 0 Å². The van der Waals surface area contributed by atoms with Gasteiger partial charge in [-0.05, 0) is 13.8 Å². The molecule has 0 unspecified atom stereocenters. The first-order valence-corrected chi connectivity index (χ1v) is 6.42. The number of nitriles is 1. The summed E-state index contributed by atoms with van der Waals surface area (Å²) >= 11 is 0. The van der Waals surface area contributed by atoms with Crippen LogP contribution in [0, 0.1) is 16.7 Å². The Hall–Kier alpha value is -2.14. The van der Waals surface area contributed by atoms with Gasteiger partial charge in [-0.25, -0.2) is 4.79 Å². The van der Waals surface area contributed by atoms with E-state index in [-0.39, 0.29) is 32.5 Å². The molecule has 3 amide bonds. The SMILES string of the molecule is COCCN(CCC#N)C(=O)NC(=O)CC(C)(C)C(=O)O. The largest absolute Gasteiger partial charge is 0.481 e. The first-order valence-electron chi connectivity index (χ1n) is 6.42. The molecule has 0 aliphatic rings. The normalized spacial score (nSPS) is 10.6. The van der Waals surface area contributed by atoms with Crippen LogP contribution in [-0.2, 0) is 14.3 Å². The molecule has 21 heavy (non-hydrogen) atoms. The average molecular weight is 299 g/mol. The van der Waals surface area contributed by atoms with E-state index >= 15 is 0 Å². The molecular formula is C13H21N3O5. The molecule has 2 N–H and O–H groups in total. The van der Waals surface area contributed by atoms with Crippen LogP contribution in [0.5, 0.6) is 0 Å². The van der Waals surface area contributed by atoms with Crippen LogP contribution in [0.3, 0.4) is 0 Å². The van der Waals surface area contributed by atoms with Crippen molar-refractivity contribution in [2.24, 2.45) is 5.41 Å². The van der Waals surface area contributed by atoms with Crippen molar-refractivity contribution < 1.29 is 24.2 Å². The molecule has 0 aliphatic carbocycles. The van der Waals surface area contributed by atoms with E-state index in [4.69, 9.17) is 15.1 Å². The summed E-state index contributed by atoms with van der Waals surface area (Å²) in [6.45, 7) is 3.48. The minimum atomic E-state index is -1.26. The van der Waals surface area contributed by atoms with E-state index in [1.54, 1.807) is 0 Å². The molecule has 0 radical (unpaired) electrons. The van der Waals surface area contributed by atoms with Gasteiger partial charge in [-0.15, -0.1) is 0 Å². The Morgan fingerprint density at radius 1 is 1.33 bits per heavy atom. The summed E-state index contributed by atoms with van der Waals surface area (Å²) < 4.78 is 4.85. The van der Waals surface area contributed by atoms with Crippen molar-refractivity contribution in [1.29, 1.82) is 5.26 Å². The van der Waals surface area contributed by atoms with Crippen molar-refractivity contribution in [3.05, 3.63) is 0 Å². The second kappa shape index (κ2) is 8.92. The molecule has 0 saturated heterocycles. The summed E-state index contributed by atoms with van der Waals surface area (Å²) in [5, 5.41) is 19.6. The zero-order chi connectivity index (χ0) is 16.5. The molecule has 0 heterocycles. The summed E-state index contributed by atoms with van der Waals surface area (Å²) in [5.74, 6) is -1.79. The number of carboxylic acids is 1. The Labute approximate surface area is 123 Å². The van der Waals surface area contributed by atoms with E-state index in [0.29, 0.717) is 0 Å². The van der Waals surface area contributed by atoms with Gasteiger partial charge >= 0.3 is 12.0 Å².